The zero-order chi connectivity index (χ0) is 20.2. The maximum atomic E-state index is 13.3. The second-order valence-corrected chi connectivity index (χ2v) is 9.08. The maximum absolute atomic E-state index is 13.3. The minimum Gasteiger partial charge on any atom is -0.355 e. The molecule has 3 aliphatic rings. The van der Waals surface area contributed by atoms with Gasteiger partial charge >= 0.3 is 0 Å². The van der Waals surface area contributed by atoms with Crippen LogP contribution >= 0.6 is 0 Å². The van der Waals surface area contributed by atoms with Crippen LogP contribution in [0.25, 0.3) is 11.0 Å². The fourth-order valence-corrected chi connectivity index (χ4v) is 5.66. The number of aromatic nitrogens is 4. The van der Waals surface area contributed by atoms with Crippen LogP contribution in [0.1, 0.15) is 36.4 Å². The monoisotopic (exact) mass is 402 g/mol. The number of aryl methyl sites for hydroxylation is 1. The van der Waals surface area contributed by atoms with E-state index in [1.54, 1.807) is 6.33 Å². The van der Waals surface area contributed by atoms with Crippen LogP contribution in [0.3, 0.4) is 0 Å². The standard InChI is InChI=1S/C23H26N6O/c1-14-5-2-3-8-17(14)20-19-12-28(22-18-9-26-27-21(18)24-13-25-22)10-16(19)11-29(20)23(30)15-6-4-7-15/h2-3,5,8-9,13,15-16,19-20H,4,6-7,10-12H2,1H3,(H,24,25,26,27)/t16-,19-,20+/m0/s1. The highest BCUT2D eigenvalue weighted by Gasteiger charge is 2.51. The first-order valence-corrected chi connectivity index (χ1v) is 11.0. The Bertz CT molecular complexity index is 1110. The van der Waals surface area contributed by atoms with Crippen molar-refractivity contribution in [3.8, 4) is 0 Å². The lowest BCUT2D eigenvalue weighted by Crippen LogP contribution is -2.41. The number of hydrogen-bond acceptors (Lipinski definition) is 5. The Balaban J connectivity index is 1.35. The molecule has 1 aliphatic carbocycles. The topological polar surface area (TPSA) is 78.0 Å². The van der Waals surface area contributed by atoms with Gasteiger partial charge in [-0.2, -0.15) is 5.10 Å². The van der Waals surface area contributed by atoms with E-state index in [2.05, 4.69) is 61.2 Å². The number of hydrogen-bond donors (Lipinski definition) is 1. The molecule has 4 heterocycles. The predicted molar refractivity (Wildman–Crippen MR) is 114 cm³/mol. The van der Waals surface area contributed by atoms with Crippen LogP contribution in [0.4, 0.5) is 5.82 Å². The van der Waals surface area contributed by atoms with Crippen molar-refractivity contribution >= 4 is 22.8 Å². The molecule has 30 heavy (non-hydrogen) atoms. The zero-order valence-corrected chi connectivity index (χ0v) is 17.2. The highest BCUT2D eigenvalue weighted by atomic mass is 16.2. The first-order valence-electron chi connectivity index (χ1n) is 11.0. The van der Waals surface area contributed by atoms with Gasteiger partial charge in [-0.1, -0.05) is 30.7 Å². The molecule has 1 aromatic carbocycles. The van der Waals surface area contributed by atoms with E-state index in [4.69, 9.17) is 0 Å². The van der Waals surface area contributed by atoms with Crippen molar-refractivity contribution in [2.45, 2.75) is 32.2 Å². The van der Waals surface area contributed by atoms with Crippen molar-refractivity contribution in [1.29, 1.82) is 0 Å². The minimum atomic E-state index is 0.149. The number of benzene rings is 1. The van der Waals surface area contributed by atoms with Crippen molar-refractivity contribution in [3.63, 3.8) is 0 Å². The number of nitrogens with one attached hydrogen (secondary N) is 1. The molecule has 0 spiro atoms. The molecule has 3 aromatic rings. The Morgan fingerprint density at radius 2 is 2.00 bits per heavy atom. The van der Waals surface area contributed by atoms with E-state index in [1.807, 2.05) is 6.20 Å². The molecule has 2 aliphatic heterocycles. The Kier molecular flexibility index (Phi) is 4.04. The minimum absolute atomic E-state index is 0.149. The van der Waals surface area contributed by atoms with E-state index < -0.39 is 0 Å². The summed E-state index contributed by atoms with van der Waals surface area (Å²) in [5, 5.41) is 8.05. The Labute approximate surface area is 175 Å². The molecule has 6 rings (SSSR count). The van der Waals surface area contributed by atoms with Crippen LogP contribution in [-0.2, 0) is 4.79 Å². The second-order valence-electron chi connectivity index (χ2n) is 9.08. The molecule has 3 fully saturated rings. The molecule has 1 N–H and O–H groups in total. The molecule has 0 radical (unpaired) electrons. The molecular formula is C23H26N6O. The van der Waals surface area contributed by atoms with E-state index in [1.165, 1.54) is 17.5 Å². The van der Waals surface area contributed by atoms with E-state index in [0.717, 1.165) is 49.3 Å². The number of carbonyl (C=O) groups is 1. The van der Waals surface area contributed by atoms with Gasteiger partial charge in [0, 0.05) is 37.4 Å². The van der Waals surface area contributed by atoms with Crippen molar-refractivity contribution in [2.24, 2.45) is 17.8 Å². The van der Waals surface area contributed by atoms with E-state index in [9.17, 15) is 4.79 Å². The zero-order valence-electron chi connectivity index (χ0n) is 17.2. The summed E-state index contributed by atoms with van der Waals surface area (Å²) < 4.78 is 0. The van der Waals surface area contributed by atoms with Crippen LogP contribution in [0.5, 0.6) is 0 Å². The van der Waals surface area contributed by atoms with E-state index in [0.29, 0.717) is 17.7 Å². The number of anilines is 1. The molecular weight excluding hydrogens is 376 g/mol. The average molecular weight is 403 g/mol. The fourth-order valence-electron chi connectivity index (χ4n) is 5.66. The number of amides is 1. The third kappa shape index (κ3) is 2.64. The Hall–Kier alpha value is -2.96. The molecule has 1 saturated carbocycles. The first-order chi connectivity index (χ1) is 14.7. The number of H-pyrrole nitrogens is 1. The SMILES string of the molecule is Cc1ccccc1[C@@H]1[C@H]2CN(c3ncnc4[nH]ncc34)C[C@H]2CN1C(=O)C1CCC1. The highest BCUT2D eigenvalue weighted by molar-refractivity contribution is 5.86. The molecule has 1 amide bonds. The van der Waals surface area contributed by atoms with Gasteiger partial charge in [0.2, 0.25) is 5.91 Å². The molecule has 0 bridgehead atoms. The summed E-state index contributed by atoms with van der Waals surface area (Å²) in [7, 11) is 0. The van der Waals surface area contributed by atoms with Gasteiger partial charge in [0.1, 0.15) is 12.1 Å². The predicted octanol–water partition coefficient (Wildman–Crippen LogP) is 3.10. The molecule has 3 atom stereocenters. The molecule has 0 unspecified atom stereocenters. The van der Waals surface area contributed by atoms with Gasteiger partial charge in [-0.15, -0.1) is 0 Å². The van der Waals surface area contributed by atoms with E-state index in [-0.39, 0.29) is 12.0 Å². The van der Waals surface area contributed by atoms with Crippen molar-refractivity contribution in [2.75, 3.05) is 24.5 Å². The van der Waals surface area contributed by atoms with Crippen molar-refractivity contribution in [3.05, 3.63) is 47.9 Å². The summed E-state index contributed by atoms with van der Waals surface area (Å²) >= 11 is 0. The summed E-state index contributed by atoms with van der Waals surface area (Å²) in [4.78, 5) is 26.8. The number of rotatable bonds is 3. The second kappa shape index (κ2) is 6.79. The van der Waals surface area contributed by atoms with Gasteiger partial charge in [-0.05, 0) is 30.9 Å². The largest absolute Gasteiger partial charge is 0.355 e. The Morgan fingerprint density at radius 3 is 2.80 bits per heavy atom. The normalized spacial score (nSPS) is 26.2. The number of likely N-dealkylation sites (tertiary alicyclic amines) is 1. The number of fused-ring (bicyclic) bond motifs is 2. The number of aromatic amines is 1. The molecule has 7 heteroatoms. The number of nitrogens with zero attached hydrogens (tertiary/aromatic N) is 5. The average Bonchev–Trinajstić information content (AvgIpc) is 3.41. The quantitative estimate of drug-likeness (QED) is 0.728. The fraction of sp³-hybridized carbons (Fsp3) is 0.478. The molecule has 2 aromatic heterocycles. The molecule has 7 nitrogen and oxygen atoms in total. The van der Waals surface area contributed by atoms with Crippen molar-refractivity contribution < 1.29 is 4.79 Å². The maximum Gasteiger partial charge on any atom is 0.226 e. The van der Waals surface area contributed by atoms with Crippen LogP contribution < -0.4 is 4.90 Å². The van der Waals surface area contributed by atoms with Crippen LogP contribution in [0, 0.1) is 24.7 Å². The lowest BCUT2D eigenvalue weighted by molar-refractivity contribution is -0.139. The van der Waals surface area contributed by atoms with Gasteiger partial charge in [0.25, 0.3) is 0 Å². The summed E-state index contributed by atoms with van der Waals surface area (Å²) in [6, 6.07) is 8.72. The highest BCUT2D eigenvalue weighted by Crippen LogP contribution is 2.48. The van der Waals surface area contributed by atoms with Gasteiger partial charge in [0.05, 0.1) is 17.6 Å². The lowest BCUT2D eigenvalue weighted by atomic mass is 9.83. The van der Waals surface area contributed by atoms with Crippen LogP contribution in [0.15, 0.2) is 36.8 Å². The third-order valence-corrected chi connectivity index (χ3v) is 7.44. The van der Waals surface area contributed by atoms with Crippen LogP contribution in [-0.4, -0.2) is 50.6 Å². The summed E-state index contributed by atoms with van der Waals surface area (Å²) in [6.07, 6.45) is 6.71. The Morgan fingerprint density at radius 1 is 1.13 bits per heavy atom. The van der Waals surface area contributed by atoms with Crippen LogP contribution in [0.2, 0.25) is 0 Å². The number of carbonyl (C=O) groups excluding carboxylic acids is 1. The lowest BCUT2D eigenvalue weighted by Gasteiger charge is -2.36. The van der Waals surface area contributed by atoms with Gasteiger partial charge < -0.3 is 9.80 Å². The molecule has 2 saturated heterocycles. The summed E-state index contributed by atoms with van der Waals surface area (Å²) in [5.74, 6) is 2.42. The van der Waals surface area contributed by atoms with E-state index >= 15 is 0 Å². The van der Waals surface area contributed by atoms with Gasteiger partial charge in [-0.25, -0.2) is 9.97 Å². The first kappa shape index (κ1) is 17.9. The van der Waals surface area contributed by atoms with Gasteiger partial charge in [-0.3, -0.25) is 9.89 Å². The summed E-state index contributed by atoms with van der Waals surface area (Å²) in [6.45, 7) is 4.82. The molecule has 154 valence electrons. The third-order valence-electron chi connectivity index (χ3n) is 7.44. The summed E-state index contributed by atoms with van der Waals surface area (Å²) in [5.41, 5.74) is 3.34. The smallest absolute Gasteiger partial charge is 0.226 e. The van der Waals surface area contributed by atoms with Gasteiger partial charge in [0.15, 0.2) is 5.65 Å². The van der Waals surface area contributed by atoms with Crippen molar-refractivity contribution in [1.82, 2.24) is 25.1 Å².